The van der Waals surface area contributed by atoms with Crippen molar-refractivity contribution in [2.75, 3.05) is 29.0 Å². The van der Waals surface area contributed by atoms with Crippen molar-refractivity contribution in [1.29, 1.82) is 0 Å². The summed E-state index contributed by atoms with van der Waals surface area (Å²) in [6, 6.07) is 6.86. The van der Waals surface area contributed by atoms with E-state index in [2.05, 4.69) is 48.0 Å². The van der Waals surface area contributed by atoms with Gasteiger partial charge in [0.2, 0.25) is 0 Å². The Morgan fingerprint density at radius 1 is 1.14 bits per heavy atom. The quantitative estimate of drug-likeness (QED) is 0.671. The van der Waals surface area contributed by atoms with Gasteiger partial charge in [-0.3, -0.25) is 0 Å². The molecule has 0 aliphatic carbocycles. The van der Waals surface area contributed by atoms with Gasteiger partial charge in [-0.15, -0.1) is 0 Å². The van der Waals surface area contributed by atoms with Gasteiger partial charge in [-0.05, 0) is 32.0 Å². The minimum atomic E-state index is 0.476. The highest BCUT2D eigenvalue weighted by molar-refractivity contribution is 5.75. The van der Waals surface area contributed by atoms with E-state index in [-0.39, 0.29) is 0 Å². The molecule has 14 heavy (non-hydrogen) atoms. The molecule has 0 unspecified atom stereocenters. The Morgan fingerprint density at radius 2 is 1.86 bits per heavy atom. The SMILES string of the molecule is CC(C)Nc1ccc2c(c1)NCCN2. The lowest BCUT2D eigenvalue weighted by atomic mass is 10.2. The Labute approximate surface area is 84.9 Å². The first-order chi connectivity index (χ1) is 6.75. The first-order valence-corrected chi connectivity index (χ1v) is 5.14. The highest BCUT2D eigenvalue weighted by Gasteiger charge is 2.07. The molecule has 1 aromatic carbocycles. The Morgan fingerprint density at radius 3 is 2.57 bits per heavy atom. The number of rotatable bonds is 2. The second kappa shape index (κ2) is 3.78. The lowest BCUT2D eigenvalue weighted by molar-refractivity contribution is 0.899. The van der Waals surface area contributed by atoms with Crippen molar-refractivity contribution in [1.82, 2.24) is 0 Å². The number of fused-ring (bicyclic) bond motifs is 1. The zero-order valence-electron chi connectivity index (χ0n) is 8.72. The van der Waals surface area contributed by atoms with Crippen LogP contribution in [0.4, 0.5) is 17.1 Å². The van der Waals surface area contributed by atoms with Gasteiger partial charge in [0.15, 0.2) is 0 Å². The van der Waals surface area contributed by atoms with E-state index >= 15 is 0 Å². The fourth-order valence-corrected chi connectivity index (χ4v) is 1.66. The molecule has 0 atom stereocenters. The van der Waals surface area contributed by atoms with Gasteiger partial charge in [0.05, 0.1) is 11.4 Å². The molecule has 1 aromatic rings. The van der Waals surface area contributed by atoms with Gasteiger partial charge >= 0.3 is 0 Å². The van der Waals surface area contributed by atoms with Gasteiger partial charge in [0.1, 0.15) is 0 Å². The van der Waals surface area contributed by atoms with Crippen LogP contribution in [0.1, 0.15) is 13.8 Å². The zero-order chi connectivity index (χ0) is 9.97. The van der Waals surface area contributed by atoms with Crippen LogP contribution in [0.25, 0.3) is 0 Å². The van der Waals surface area contributed by atoms with Crippen molar-refractivity contribution < 1.29 is 0 Å². The average Bonchev–Trinajstić information content (AvgIpc) is 2.17. The smallest absolute Gasteiger partial charge is 0.0597 e. The van der Waals surface area contributed by atoms with Crippen LogP contribution in [0.15, 0.2) is 18.2 Å². The van der Waals surface area contributed by atoms with Crippen LogP contribution < -0.4 is 16.0 Å². The van der Waals surface area contributed by atoms with E-state index in [1.165, 1.54) is 17.1 Å². The van der Waals surface area contributed by atoms with Crippen molar-refractivity contribution in [3.05, 3.63) is 18.2 Å². The Kier molecular flexibility index (Phi) is 2.48. The summed E-state index contributed by atoms with van der Waals surface area (Å²) >= 11 is 0. The Bertz CT molecular complexity index is 320. The molecule has 0 aromatic heterocycles. The lowest BCUT2D eigenvalue weighted by Crippen LogP contribution is -2.20. The van der Waals surface area contributed by atoms with Gasteiger partial charge in [0.25, 0.3) is 0 Å². The molecule has 3 heteroatoms. The third-order valence-corrected chi connectivity index (χ3v) is 2.23. The zero-order valence-corrected chi connectivity index (χ0v) is 8.72. The van der Waals surface area contributed by atoms with E-state index in [1.807, 2.05) is 0 Å². The minimum Gasteiger partial charge on any atom is -0.383 e. The van der Waals surface area contributed by atoms with Gasteiger partial charge in [-0.1, -0.05) is 0 Å². The lowest BCUT2D eigenvalue weighted by Gasteiger charge is -2.21. The summed E-state index contributed by atoms with van der Waals surface area (Å²) in [6.45, 7) is 6.29. The van der Waals surface area contributed by atoms with E-state index in [9.17, 15) is 0 Å². The number of anilines is 3. The van der Waals surface area contributed by atoms with Crippen LogP contribution in [-0.2, 0) is 0 Å². The molecule has 0 amide bonds. The second-order valence-electron chi connectivity index (χ2n) is 3.91. The van der Waals surface area contributed by atoms with E-state index in [0.29, 0.717) is 6.04 Å². The van der Waals surface area contributed by atoms with E-state index in [0.717, 1.165) is 13.1 Å². The molecule has 0 fully saturated rings. The summed E-state index contributed by atoms with van der Waals surface area (Å²) in [4.78, 5) is 0. The fourth-order valence-electron chi connectivity index (χ4n) is 1.66. The monoisotopic (exact) mass is 191 g/mol. The number of benzene rings is 1. The molecule has 76 valence electrons. The molecule has 0 bridgehead atoms. The molecule has 1 aliphatic rings. The predicted molar refractivity (Wildman–Crippen MR) is 62.2 cm³/mol. The molecular weight excluding hydrogens is 174 g/mol. The molecule has 0 radical (unpaired) electrons. The summed E-state index contributed by atoms with van der Waals surface area (Å²) in [5.41, 5.74) is 3.57. The van der Waals surface area contributed by atoms with Crippen molar-refractivity contribution in [3.63, 3.8) is 0 Å². The molecule has 1 heterocycles. The van der Waals surface area contributed by atoms with Crippen molar-refractivity contribution in [2.24, 2.45) is 0 Å². The molecule has 2 rings (SSSR count). The molecule has 1 aliphatic heterocycles. The van der Waals surface area contributed by atoms with Gasteiger partial charge < -0.3 is 16.0 Å². The molecular formula is C11H17N3. The van der Waals surface area contributed by atoms with Gasteiger partial charge in [-0.25, -0.2) is 0 Å². The molecule has 0 saturated carbocycles. The average molecular weight is 191 g/mol. The van der Waals surface area contributed by atoms with E-state index in [4.69, 9.17) is 0 Å². The summed E-state index contributed by atoms with van der Waals surface area (Å²) in [7, 11) is 0. The molecule has 0 saturated heterocycles. The van der Waals surface area contributed by atoms with E-state index in [1.54, 1.807) is 0 Å². The normalized spacial score (nSPS) is 14.2. The standard InChI is InChI=1S/C11H17N3/c1-8(2)14-9-3-4-10-11(7-9)13-6-5-12-10/h3-4,7-8,12-14H,5-6H2,1-2H3. The van der Waals surface area contributed by atoms with Crippen molar-refractivity contribution in [3.8, 4) is 0 Å². The summed E-state index contributed by atoms with van der Waals surface area (Å²) < 4.78 is 0. The third-order valence-electron chi connectivity index (χ3n) is 2.23. The number of hydrogen-bond acceptors (Lipinski definition) is 3. The third kappa shape index (κ3) is 1.92. The van der Waals surface area contributed by atoms with Crippen molar-refractivity contribution in [2.45, 2.75) is 19.9 Å². The van der Waals surface area contributed by atoms with Gasteiger partial charge in [0, 0.05) is 24.8 Å². The van der Waals surface area contributed by atoms with Crippen LogP contribution in [0.5, 0.6) is 0 Å². The topological polar surface area (TPSA) is 36.1 Å². The largest absolute Gasteiger partial charge is 0.383 e. The second-order valence-corrected chi connectivity index (χ2v) is 3.91. The van der Waals surface area contributed by atoms with E-state index < -0.39 is 0 Å². The van der Waals surface area contributed by atoms with Crippen LogP contribution >= 0.6 is 0 Å². The number of hydrogen-bond donors (Lipinski definition) is 3. The summed E-state index contributed by atoms with van der Waals surface area (Å²) in [6.07, 6.45) is 0. The molecule has 0 spiro atoms. The summed E-state index contributed by atoms with van der Waals surface area (Å²) in [5, 5.41) is 10.1. The van der Waals surface area contributed by atoms with Gasteiger partial charge in [-0.2, -0.15) is 0 Å². The predicted octanol–water partition coefficient (Wildman–Crippen LogP) is 2.34. The highest BCUT2D eigenvalue weighted by Crippen LogP contribution is 2.27. The minimum absolute atomic E-state index is 0.476. The first-order valence-electron chi connectivity index (χ1n) is 5.14. The first kappa shape index (κ1) is 9.19. The van der Waals surface area contributed by atoms with Crippen LogP contribution in [0.3, 0.4) is 0 Å². The molecule has 3 nitrogen and oxygen atoms in total. The Balaban J connectivity index is 2.20. The van der Waals surface area contributed by atoms with Crippen LogP contribution in [0, 0.1) is 0 Å². The summed E-state index contributed by atoms with van der Waals surface area (Å²) in [5.74, 6) is 0. The van der Waals surface area contributed by atoms with Crippen LogP contribution in [-0.4, -0.2) is 19.1 Å². The maximum Gasteiger partial charge on any atom is 0.0597 e. The Hall–Kier alpha value is -1.38. The molecule has 3 N–H and O–H groups in total. The fraction of sp³-hybridized carbons (Fsp3) is 0.455. The number of nitrogens with one attached hydrogen (secondary N) is 3. The maximum absolute atomic E-state index is 3.39. The van der Waals surface area contributed by atoms with Crippen molar-refractivity contribution >= 4 is 17.1 Å². The van der Waals surface area contributed by atoms with Crippen LogP contribution in [0.2, 0.25) is 0 Å². The maximum atomic E-state index is 3.39. The highest BCUT2D eigenvalue weighted by atomic mass is 15.0.